The van der Waals surface area contributed by atoms with E-state index in [1.54, 1.807) is 12.0 Å². The Balaban J connectivity index is 1.63. The van der Waals surface area contributed by atoms with Crippen LogP contribution in [-0.2, 0) is 9.53 Å². The number of rotatable bonds is 3. The van der Waals surface area contributed by atoms with Gasteiger partial charge in [0, 0.05) is 20.2 Å². The van der Waals surface area contributed by atoms with Crippen LogP contribution in [0.3, 0.4) is 0 Å². The molecule has 3 aliphatic rings. The van der Waals surface area contributed by atoms with Gasteiger partial charge in [0.1, 0.15) is 0 Å². The summed E-state index contributed by atoms with van der Waals surface area (Å²) in [7, 11) is 1.69. The first kappa shape index (κ1) is 15.6. The molecular formula is C16H26N2O4. The van der Waals surface area contributed by atoms with Crippen LogP contribution in [0, 0.1) is 11.3 Å². The van der Waals surface area contributed by atoms with Crippen LogP contribution >= 0.6 is 0 Å². The minimum atomic E-state index is -0.738. The van der Waals surface area contributed by atoms with Gasteiger partial charge in [-0.25, -0.2) is 4.79 Å². The van der Waals surface area contributed by atoms with Gasteiger partial charge in [-0.1, -0.05) is 19.3 Å². The van der Waals surface area contributed by atoms with Gasteiger partial charge in [0.05, 0.1) is 17.6 Å². The van der Waals surface area contributed by atoms with Gasteiger partial charge in [0.15, 0.2) is 0 Å². The number of methoxy groups -OCH3 is 1. The number of carbonyl (C=O) groups excluding carboxylic acids is 1. The fraction of sp³-hybridized carbons (Fsp3) is 0.875. The molecule has 2 aliphatic carbocycles. The molecule has 1 aliphatic heterocycles. The van der Waals surface area contributed by atoms with Crippen LogP contribution in [0.4, 0.5) is 4.79 Å². The second kappa shape index (κ2) is 6.07. The molecular weight excluding hydrogens is 284 g/mol. The van der Waals surface area contributed by atoms with Gasteiger partial charge in [-0.05, 0) is 31.6 Å². The SMILES string of the molecule is CO[C@@H]1CCCC[C@H]1NC(=O)N1C[C@@H]2CCC[C@@]2(C(=O)O)C1. The second-order valence-corrected chi connectivity index (χ2v) is 7.05. The van der Waals surface area contributed by atoms with E-state index < -0.39 is 11.4 Å². The summed E-state index contributed by atoms with van der Waals surface area (Å²) < 4.78 is 5.47. The summed E-state index contributed by atoms with van der Waals surface area (Å²) in [4.78, 5) is 25.9. The van der Waals surface area contributed by atoms with Crippen molar-refractivity contribution in [1.82, 2.24) is 10.2 Å². The molecule has 1 saturated heterocycles. The fourth-order valence-corrected chi connectivity index (χ4v) is 4.59. The Morgan fingerprint density at radius 2 is 2.00 bits per heavy atom. The Morgan fingerprint density at radius 1 is 1.23 bits per heavy atom. The third-order valence-electron chi connectivity index (χ3n) is 5.90. The minimum absolute atomic E-state index is 0.0486. The molecule has 0 aromatic rings. The Labute approximate surface area is 131 Å². The summed E-state index contributed by atoms with van der Waals surface area (Å²) in [5.41, 5.74) is -0.704. The van der Waals surface area contributed by atoms with E-state index in [0.717, 1.165) is 38.5 Å². The highest BCUT2D eigenvalue weighted by Crippen LogP contribution is 2.48. The van der Waals surface area contributed by atoms with Crippen molar-refractivity contribution in [3.05, 3.63) is 0 Å². The number of carboxylic acid groups (broad SMARTS) is 1. The summed E-state index contributed by atoms with van der Waals surface area (Å²) >= 11 is 0. The van der Waals surface area contributed by atoms with E-state index in [4.69, 9.17) is 4.74 Å². The van der Waals surface area contributed by atoms with Crippen molar-refractivity contribution < 1.29 is 19.4 Å². The van der Waals surface area contributed by atoms with Crippen molar-refractivity contribution in [1.29, 1.82) is 0 Å². The van der Waals surface area contributed by atoms with E-state index in [1.165, 1.54) is 0 Å². The number of ether oxygens (including phenoxy) is 1. The maximum Gasteiger partial charge on any atom is 0.317 e. The number of carboxylic acids is 1. The Kier molecular flexibility index (Phi) is 4.30. The maximum atomic E-state index is 12.5. The summed E-state index contributed by atoms with van der Waals surface area (Å²) in [5, 5.41) is 12.7. The summed E-state index contributed by atoms with van der Waals surface area (Å²) in [6.45, 7) is 0.922. The topological polar surface area (TPSA) is 78.9 Å². The smallest absolute Gasteiger partial charge is 0.317 e. The zero-order valence-electron chi connectivity index (χ0n) is 13.2. The highest BCUT2D eigenvalue weighted by molar-refractivity contribution is 5.80. The number of carbonyl (C=O) groups is 2. The molecule has 2 amide bonds. The fourth-order valence-electron chi connectivity index (χ4n) is 4.59. The van der Waals surface area contributed by atoms with Gasteiger partial charge < -0.3 is 20.1 Å². The predicted octanol–water partition coefficient (Wildman–Crippen LogP) is 1.84. The average molecular weight is 310 g/mol. The van der Waals surface area contributed by atoms with Crippen LogP contribution in [0.25, 0.3) is 0 Å². The van der Waals surface area contributed by atoms with Crippen molar-refractivity contribution in [2.24, 2.45) is 11.3 Å². The number of likely N-dealkylation sites (tertiary alicyclic amines) is 1. The molecule has 0 aromatic heterocycles. The van der Waals surface area contributed by atoms with Crippen molar-refractivity contribution in [2.75, 3.05) is 20.2 Å². The molecule has 3 rings (SSSR count). The number of aliphatic carboxylic acids is 1. The van der Waals surface area contributed by atoms with E-state index in [1.807, 2.05) is 0 Å². The molecule has 3 fully saturated rings. The van der Waals surface area contributed by atoms with E-state index in [2.05, 4.69) is 5.32 Å². The van der Waals surface area contributed by atoms with Gasteiger partial charge in [0.25, 0.3) is 0 Å². The lowest BCUT2D eigenvalue weighted by Crippen LogP contribution is -2.51. The third-order valence-corrected chi connectivity index (χ3v) is 5.90. The molecule has 4 atom stereocenters. The van der Waals surface area contributed by atoms with Crippen molar-refractivity contribution >= 4 is 12.0 Å². The highest BCUT2D eigenvalue weighted by atomic mass is 16.5. The number of hydrogen-bond donors (Lipinski definition) is 2. The molecule has 6 heteroatoms. The zero-order valence-corrected chi connectivity index (χ0v) is 13.2. The number of fused-ring (bicyclic) bond motifs is 1. The molecule has 2 saturated carbocycles. The second-order valence-electron chi connectivity index (χ2n) is 7.05. The molecule has 2 N–H and O–H groups in total. The standard InChI is InChI=1S/C16H26N2O4/c1-22-13-7-3-2-6-12(13)17-15(21)18-9-11-5-4-8-16(11,10-18)14(19)20/h11-13H,2-10H2,1H3,(H,17,21)(H,19,20)/t11-,12+,13+,16+/m0/s1. The van der Waals surface area contributed by atoms with Gasteiger partial charge in [-0.15, -0.1) is 0 Å². The number of nitrogens with one attached hydrogen (secondary N) is 1. The summed E-state index contributed by atoms with van der Waals surface area (Å²) in [6.07, 6.45) is 6.80. The molecule has 124 valence electrons. The zero-order chi connectivity index (χ0) is 15.7. The Morgan fingerprint density at radius 3 is 2.68 bits per heavy atom. The lowest BCUT2D eigenvalue weighted by atomic mass is 9.81. The minimum Gasteiger partial charge on any atom is -0.481 e. The normalized spacial score (nSPS) is 37.9. The lowest BCUT2D eigenvalue weighted by Gasteiger charge is -2.32. The highest BCUT2D eigenvalue weighted by Gasteiger charge is 2.56. The first-order valence-corrected chi connectivity index (χ1v) is 8.38. The number of urea groups is 1. The van der Waals surface area contributed by atoms with Gasteiger partial charge in [0.2, 0.25) is 0 Å². The van der Waals surface area contributed by atoms with Gasteiger partial charge in [-0.3, -0.25) is 4.79 Å². The van der Waals surface area contributed by atoms with E-state index in [0.29, 0.717) is 19.5 Å². The van der Waals surface area contributed by atoms with Gasteiger partial charge >= 0.3 is 12.0 Å². The first-order valence-electron chi connectivity index (χ1n) is 8.38. The van der Waals surface area contributed by atoms with Crippen LogP contribution in [-0.4, -0.2) is 54.4 Å². The van der Waals surface area contributed by atoms with Crippen LogP contribution in [0.1, 0.15) is 44.9 Å². The largest absolute Gasteiger partial charge is 0.481 e. The van der Waals surface area contributed by atoms with Crippen LogP contribution in [0.15, 0.2) is 0 Å². The van der Waals surface area contributed by atoms with Crippen molar-refractivity contribution in [3.8, 4) is 0 Å². The number of nitrogens with zero attached hydrogens (tertiary/aromatic N) is 1. The molecule has 0 radical (unpaired) electrons. The Bertz CT molecular complexity index is 455. The van der Waals surface area contributed by atoms with Crippen molar-refractivity contribution in [2.45, 2.75) is 57.1 Å². The number of hydrogen-bond acceptors (Lipinski definition) is 3. The molecule has 0 aromatic carbocycles. The molecule has 22 heavy (non-hydrogen) atoms. The predicted molar refractivity (Wildman–Crippen MR) is 80.6 cm³/mol. The summed E-state index contributed by atoms with van der Waals surface area (Å²) in [5.74, 6) is -0.627. The first-order chi connectivity index (χ1) is 10.6. The van der Waals surface area contributed by atoms with E-state index >= 15 is 0 Å². The monoisotopic (exact) mass is 310 g/mol. The Hall–Kier alpha value is -1.30. The third kappa shape index (κ3) is 2.57. The average Bonchev–Trinajstić information content (AvgIpc) is 3.05. The molecule has 0 unspecified atom stereocenters. The lowest BCUT2D eigenvalue weighted by molar-refractivity contribution is -0.149. The van der Waals surface area contributed by atoms with Crippen molar-refractivity contribution in [3.63, 3.8) is 0 Å². The molecule has 1 heterocycles. The van der Waals surface area contributed by atoms with Gasteiger partial charge in [-0.2, -0.15) is 0 Å². The van der Waals surface area contributed by atoms with E-state index in [-0.39, 0.29) is 24.1 Å². The molecule has 0 bridgehead atoms. The van der Waals surface area contributed by atoms with E-state index in [9.17, 15) is 14.7 Å². The summed E-state index contributed by atoms with van der Waals surface area (Å²) in [6, 6.07) is -0.0727. The number of amides is 2. The maximum absolute atomic E-state index is 12.5. The molecule has 0 spiro atoms. The van der Waals surface area contributed by atoms with Crippen LogP contribution in [0.2, 0.25) is 0 Å². The quantitative estimate of drug-likeness (QED) is 0.833. The van der Waals surface area contributed by atoms with Crippen LogP contribution in [0.5, 0.6) is 0 Å². The molecule has 6 nitrogen and oxygen atoms in total. The van der Waals surface area contributed by atoms with Crippen LogP contribution < -0.4 is 5.32 Å².